The maximum atomic E-state index is 12.4. The van der Waals surface area contributed by atoms with Gasteiger partial charge in [0.25, 0.3) is 6.43 Å². The molecular weight excluding hydrogens is 259 g/mol. The molecule has 0 aliphatic carbocycles. The van der Waals surface area contributed by atoms with Gasteiger partial charge in [0.1, 0.15) is 5.69 Å². The van der Waals surface area contributed by atoms with Gasteiger partial charge in [-0.2, -0.15) is 0 Å². The van der Waals surface area contributed by atoms with Crippen LogP contribution in [-0.4, -0.2) is 9.97 Å². The predicted molar refractivity (Wildman–Crippen MR) is 63.4 cm³/mol. The number of anilines is 1. The number of aromatic nitrogens is 2. The molecule has 0 saturated heterocycles. The van der Waals surface area contributed by atoms with Crippen LogP contribution < -0.4 is 5.73 Å². The van der Waals surface area contributed by atoms with Gasteiger partial charge in [0.2, 0.25) is 0 Å². The highest BCUT2D eigenvalue weighted by atomic mass is 35.5. The topological polar surface area (TPSA) is 51.8 Å². The number of rotatable bonds is 1. The van der Waals surface area contributed by atoms with Crippen LogP contribution >= 0.6 is 24.8 Å². The van der Waals surface area contributed by atoms with E-state index in [0.29, 0.717) is 5.39 Å². The van der Waals surface area contributed by atoms with E-state index >= 15 is 0 Å². The summed E-state index contributed by atoms with van der Waals surface area (Å²) in [6.07, 6.45) is -1.16. The summed E-state index contributed by atoms with van der Waals surface area (Å²) >= 11 is 0. The van der Waals surface area contributed by atoms with Gasteiger partial charge in [-0.3, -0.25) is 0 Å². The maximum absolute atomic E-state index is 12.4. The van der Waals surface area contributed by atoms with Gasteiger partial charge in [-0.1, -0.05) is 0 Å². The van der Waals surface area contributed by atoms with E-state index in [2.05, 4.69) is 9.97 Å². The first-order valence-corrected chi connectivity index (χ1v) is 3.98. The highest BCUT2D eigenvalue weighted by molar-refractivity contribution is 5.85. The standard InChI is InChI=1S/C9H7F2N3.2ClH/c10-8(11)7-6(12)4-5-2-1-3-13-9(5)14-7;;/h1-4,8H,12H2;2*1H. The lowest BCUT2D eigenvalue weighted by Gasteiger charge is -2.04. The summed E-state index contributed by atoms with van der Waals surface area (Å²) < 4.78 is 24.8. The first-order valence-electron chi connectivity index (χ1n) is 3.98. The summed E-state index contributed by atoms with van der Waals surface area (Å²) in [7, 11) is 0. The Morgan fingerprint density at radius 1 is 1.25 bits per heavy atom. The van der Waals surface area contributed by atoms with Gasteiger partial charge in [0.15, 0.2) is 5.65 Å². The molecule has 16 heavy (non-hydrogen) atoms. The Hall–Kier alpha value is -1.20. The Kier molecular flexibility index (Phi) is 5.33. The number of nitrogens with two attached hydrogens (primary N) is 1. The molecule has 0 aliphatic rings. The Labute approximate surface area is 103 Å². The zero-order valence-electron chi connectivity index (χ0n) is 7.93. The minimum atomic E-state index is -2.67. The van der Waals surface area contributed by atoms with E-state index in [1.807, 2.05) is 0 Å². The zero-order chi connectivity index (χ0) is 10.1. The summed E-state index contributed by atoms with van der Waals surface area (Å²) in [6, 6.07) is 4.88. The van der Waals surface area contributed by atoms with E-state index in [4.69, 9.17) is 5.73 Å². The Morgan fingerprint density at radius 3 is 2.56 bits per heavy atom. The van der Waals surface area contributed by atoms with Crippen molar-refractivity contribution in [2.75, 3.05) is 5.73 Å². The van der Waals surface area contributed by atoms with E-state index in [0.717, 1.165) is 0 Å². The number of alkyl halides is 2. The third-order valence-corrected chi connectivity index (χ3v) is 1.86. The quantitative estimate of drug-likeness (QED) is 0.864. The smallest absolute Gasteiger partial charge is 0.282 e. The predicted octanol–water partition coefficient (Wildman–Crippen LogP) is 2.99. The molecule has 0 fully saturated rings. The molecule has 2 aromatic rings. The summed E-state index contributed by atoms with van der Waals surface area (Å²) in [5.74, 6) is 0. The van der Waals surface area contributed by atoms with Crippen molar-refractivity contribution in [2.45, 2.75) is 6.43 Å². The minimum Gasteiger partial charge on any atom is -0.397 e. The average molecular weight is 268 g/mol. The van der Waals surface area contributed by atoms with Gasteiger partial charge in [0.05, 0.1) is 5.69 Å². The summed E-state index contributed by atoms with van der Waals surface area (Å²) in [5, 5.41) is 0.661. The van der Waals surface area contributed by atoms with E-state index in [-0.39, 0.29) is 36.1 Å². The first-order chi connectivity index (χ1) is 6.68. The highest BCUT2D eigenvalue weighted by Crippen LogP contribution is 2.25. The van der Waals surface area contributed by atoms with Crippen LogP contribution in [0.25, 0.3) is 11.0 Å². The molecule has 3 nitrogen and oxygen atoms in total. The summed E-state index contributed by atoms with van der Waals surface area (Å²) in [5.41, 5.74) is 5.30. The molecule has 2 rings (SSSR count). The lowest BCUT2D eigenvalue weighted by Crippen LogP contribution is -1.99. The van der Waals surface area contributed by atoms with Gasteiger partial charge in [-0.05, 0) is 18.2 Å². The number of hydrogen-bond acceptors (Lipinski definition) is 3. The van der Waals surface area contributed by atoms with Crippen LogP contribution in [0.4, 0.5) is 14.5 Å². The normalized spacial score (nSPS) is 9.69. The second-order valence-electron chi connectivity index (χ2n) is 2.81. The number of pyridine rings is 2. The molecule has 0 unspecified atom stereocenters. The van der Waals surface area contributed by atoms with Crippen molar-refractivity contribution in [3.8, 4) is 0 Å². The average Bonchev–Trinajstić information content (AvgIpc) is 2.16. The van der Waals surface area contributed by atoms with Gasteiger partial charge in [-0.25, -0.2) is 18.7 Å². The van der Waals surface area contributed by atoms with E-state index in [9.17, 15) is 8.78 Å². The van der Waals surface area contributed by atoms with Crippen LogP contribution in [0.2, 0.25) is 0 Å². The lowest BCUT2D eigenvalue weighted by atomic mass is 10.2. The fraction of sp³-hybridized carbons (Fsp3) is 0.111. The van der Waals surface area contributed by atoms with E-state index in [1.54, 1.807) is 12.1 Å². The van der Waals surface area contributed by atoms with Crippen molar-refractivity contribution in [2.24, 2.45) is 0 Å². The molecule has 2 heterocycles. The fourth-order valence-corrected chi connectivity index (χ4v) is 1.21. The molecular formula is C9H9Cl2F2N3. The Bertz CT molecular complexity index is 479. The van der Waals surface area contributed by atoms with Crippen LogP contribution in [0.1, 0.15) is 12.1 Å². The van der Waals surface area contributed by atoms with Crippen molar-refractivity contribution in [3.05, 3.63) is 30.1 Å². The molecule has 7 heteroatoms. The Balaban J connectivity index is 0.00000112. The van der Waals surface area contributed by atoms with E-state index in [1.165, 1.54) is 12.3 Å². The highest BCUT2D eigenvalue weighted by Gasteiger charge is 2.14. The van der Waals surface area contributed by atoms with Crippen molar-refractivity contribution in [1.82, 2.24) is 9.97 Å². The third kappa shape index (κ3) is 2.68. The number of nitrogen functional groups attached to an aromatic ring is 1. The summed E-state index contributed by atoms with van der Waals surface area (Å²) in [6.45, 7) is 0. The molecule has 2 N–H and O–H groups in total. The molecule has 2 aromatic heterocycles. The largest absolute Gasteiger partial charge is 0.397 e. The van der Waals surface area contributed by atoms with Crippen molar-refractivity contribution in [3.63, 3.8) is 0 Å². The number of fused-ring (bicyclic) bond motifs is 1. The van der Waals surface area contributed by atoms with Crippen LogP contribution in [0.3, 0.4) is 0 Å². The van der Waals surface area contributed by atoms with Gasteiger partial charge < -0.3 is 5.73 Å². The molecule has 0 atom stereocenters. The maximum Gasteiger partial charge on any atom is 0.282 e. The second kappa shape index (κ2) is 5.77. The monoisotopic (exact) mass is 267 g/mol. The van der Waals surface area contributed by atoms with E-state index < -0.39 is 12.1 Å². The van der Waals surface area contributed by atoms with Gasteiger partial charge in [-0.15, -0.1) is 24.8 Å². The number of halogens is 4. The van der Waals surface area contributed by atoms with Gasteiger partial charge >= 0.3 is 0 Å². The molecule has 0 radical (unpaired) electrons. The van der Waals surface area contributed by atoms with Crippen molar-refractivity contribution < 1.29 is 8.78 Å². The number of nitrogens with zero attached hydrogens (tertiary/aromatic N) is 2. The molecule has 0 aromatic carbocycles. The number of hydrogen-bond donors (Lipinski definition) is 1. The Morgan fingerprint density at radius 2 is 1.94 bits per heavy atom. The molecule has 0 spiro atoms. The molecule has 0 aliphatic heterocycles. The molecule has 0 amide bonds. The van der Waals surface area contributed by atoms with Crippen LogP contribution in [0, 0.1) is 0 Å². The van der Waals surface area contributed by atoms with Crippen LogP contribution in [0.5, 0.6) is 0 Å². The van der Waals surface area contributed by atoms with Crippen molar-refractivity contribution >= 4 is 41.5 Å². The van der Waals surface area contributed by atoms with Crippen LogP contribution in [-0.2, 0) is 0 Å². The minimum absolute atomic E-state index is 0. The van der Waals surface area contributed by atoms with Gasteiger partial charge in [0, 0.05) is 11.6 Å². The van der Waals surface area contributed by atoms with Crippen molar-refractivity contribution in [1.29, 1.82) is 0 Å². The second-order valence-corrected chi connectivity index (χ2v) is 2.81. The summed E-state index contributed by atoms with van der Waals surface area (Å²) in [4.78, 5) is 7.55. The molecule has 0 saturated carbocycles. The van der Waals surface area contributed by atoms with Crippen LogP contribution in [0.15, 0.2) is 24.4 Å². The molecule has 0 bridgehead atoms. The SMILES string of the molecule is Cl.Cl.Nc1cc2cccnc2nc1C(F)F. The fourth-order valence-electron chi connectivity index (χ4n) is 1.21. The first kappa shape index (κ1) is 14.8. The molecule has 88 valence electrons. The lowest BCUT2D eigenvalue weighted by molar-refractivity contribution is 0.147. The third-order valence-electron chi connectivity index (χ3n) is 1.86. The zero-order valence-corrected chi connectivity index (χ0v) is 9.56.